The molecule has 0 aliphatic carbocycles. The second kappa shape index (κ2) is 5.24. The molecule has 0 N–H and O–H groups in total. The van der Waals surface area contributed by atoms with E-state index in [4.69, 9.17) is 9.47 Å². The summed E-state index contributed by atoms with van der Waals surface area (Å²) in [5, 5.41) is 0. The molecule has 0 unspecified atom stereocenters. The summed E-state index contributed by atoms with van der Waals surface area (Å²) in [5.41, 5.74) is -0.0967. The smallest absolute Gasteiger partial charge is 0.411 e. The van der Waals surface area contributed by atoms with Gasteiger partial charge in [-0.3, -0.25) is 4.90 Å². The van der Waals surface area contributed by atoms with E-state index in [0.29, 0.717) is 16.7 Å². The largest absolute Gasteiger partial charge is 0.463 e. The molecule has 6 heteroatoms. The van der Waals surface area contributed by atoms with Crippen LogP contribution in [0.25, 0.3) is 0 Å². The average molecular weight is 344 g/mol. The number of fused-ring (bicyclic) bond motifs is 2. The van der Waals surface area contributed by atoms with E-state index < -0.39 is 23.7 Å². The topological polar surface area (TPSA) is 55.8 Å². The van der Waals surface area contributed by atoms with Crippen LogP contribution in [0, 0.1) is 0 Å². The van der Waals surface area contributed by atoms with Crippen LogP contribution >= 0.6 is 15.9 Å². The van der Waals surface area contributed by atoms with Crippen LogP contribution in [0.4, 0.5) is 4.79 Å². The highest BCUT2D eigenvalue weighted by Gasteiger charge is 2.48. The lowest BCUT2D eigenvalue weighted by Crippen LogP contribution is -2.42. The van der Waals surface area contributed by atoms with Crippen molar-refractivity contribution < 1.29 is 19.1 Å². The quantitative estimate of drug-likeness (QED) is 0.571. The second-order valence-corrected chi connectivity index (χ2v) is 6.50. The van der Waals surface area contributed by atoms with Crippen molar-refractivity contribution >= 4 is 28.0 Å². The lowest BCUT2D eigenvalue weighted by atomic mass is 10.1. The van der Waals surface area contributed by atoms with Gasteiger partial charge in [0, 0.05) is 4.48 Å². The third-order valence-corrected chi connectivity index (χ3v) is 3.88. The van der Waals surface area contributed by atoms with Crippen LogP contribution < -0.4 is 0 Å². The first kappa shape index (κ1) is 15.1. The van der Waals surface area contributed by atoms with Gasteiger partial charge in [0.2, 0.25) is 0 Å². The highest BCUT2D eigenvalue weighted by molar-refractivity contribution is 9.11. The van der Waals surface area contributed by atoms with Gasteiger partial charge in [0.1, 0.15) is 5.60 Å². The zero-order valence-corrected chi connectivity index (χ0v) is 13.6. The Morgan fingerprint density at radius 2 is 1.90 bits per heavy atom. The van der Waals surface area contributed by atoms with E-state index in [2.05, 4.69) is 15.9 Å². The molecule has 0 fully saturated rings. The molecule has 0 aromatic carbocycles. The molecule has 110 valence electrons. The molecule has 20 heavy (non-hydrogen) atoms. The van der Waals surface area contributed by atoms with Gasteiger partial charge >= 0.3 is 12.1 Å². The first-order chi connectivity index (χ1) is 9.26. The Morgan fingerprint density at radius 3 is 2.45 bits per heavy atom. The standard InChI is InChI=1S/C14H18BrNO4/c1-5-19-12(17)10-8-6-7-9(11(10)15)16(8)13(18)20-14(2,3)4/h6-9H,5H2,1-4H3/t8-,9-/m1/s1. The van der Waals surface area contributed by atoms with Crippen molar-refractivity contribution in [2.24, 2.45) is 0 Å². The predicted molar refractivity (Wildman–Crippen MR) is 77.4 cm³/mol. The van der Waals surface area contributed by atoms with Crippen LogP contribution in [0.15, 0.2) is 22.2 Å². The van der Waals surface area contributed by atoms with Crippen molar-refractivity contribution in [2.45, 2.75) is 45.4 Å². The number of ether oxygens (including phenoxy) is 2. The Labute approximate surface area is 126 Å². The highest BCUT2D eigenvalue weighted by atomic mass is 79.9. The van der Waals surface area contributed by atoms with Crippen LogP contribution in [-0.4, -0.2) is 41.3 Å². The summed E-state index contributed by atoms with van der Waals surface area (Å²) in [5.74, 6) is -0.398. The van der Waals surface area contributed by atoms with Gasteiger partial charge < -0.3 is 9.47 Å². The van der Waals surface area contributed by atoms with Gasteiger partial charge in [-0.05, 0) is 27.7 Å². The van der Waals surface area contributed by atoms with E-state index in [0.717, 1.165) is 0 Å². The number of halogens is 1. The van der Waals surface area contributed by atoms with E-state index in [1.54, 1.807) is 11.8 Å². The zero-order chi connectivity index (χ0) is 15.1. The van der Waals surface area contributed by atoms with Crippen molar-refractivity contribution in [1.29, 1.82) is 0 Å². The Balaban J connectivity index is 2.19. The van der Waals surface area contributed by atoms with Crippen LogP contribution in [0.2, 0.25) is 0 Å². The van der Waals surface area contributed by atoms with E-state index >= 15 is 0 Å². The van der Waals surface area contributed by atoms with Crippen molar-refractivity contribution in [3.8, 4) is 0 Å². The minimum atomic E-state index is -0.574. The van der Waals surface area contributed by atoms with E-state index in [1.807, 2.05) is 32.9 Å². The molecule has 2 atom stereocenters. The molecule has 0 saturated carbocycles. The third kappa shape index (κ3) is 2.61. The van der Waals surface area contributed by atoms with Gasteiger partial charge in [-0.15, -0.1) is 0 Å². The first-order valence-electron chi connectivity index (χ1n) is 6.52. The van der Waals surface area contributed by atoms with Crippen LogP contribution in [-0.2, 0) is 14.3 Å². The third-order valence-electron chi connectivity index (χ3n) is 2.99. The fraction of sp³-hybridized carbons (Fsp3) is 0.571. The number of rotatable bonds is 2. The Morgan fingerprint density at radius 1 is 1.30 bits per heavy atom. The SMILES string of the molecule is CCOC(=O)C1=C(Br)[C@H]2C=C[C@H]1N2C(=O)OC(C)(C)C. The average Bonchev–Trinajstić information content (AvgIpc) is 2.82. The monoisotopic (exact) mass is 343 g/mol. The minimum Gasteiger partial charge on any atom is -0.463 e. The second-order valence-electron chi connectivity index (χ2n) is 5.64. The number of hydrogen-bond acceptors (Lipinski definition) is 4. The van der Waals surface area contributed by atoms with E-state index in [9.17, 15) is 9.59 Å². The molecule has 0 aromatic heterocycles. The number of hydrogen-bond donors (Lipinski definition) is 0. The summed E-state index contributed by atoms with van der Waals surface area (Å²) >= 11 is 3.40. The van der Waals surface area contributed by atoms with E-state index in [1.165, 1.54) is 0 Å². The summed E-state index contributed by atoms with van der Waals surface area (Å²) in [6, 6.07) is -0.697. The van der Waals surface area contributed by atoms with Gasteiger partial charge in [-0.2, -0.15) is 0 Å². The van der Waals surface area contributed by atoms with Crippen molar-refractivity contribution in [3.63, 3.8) is 0 Å². The molecule has 5 nitrogen and oxygen atoms in total. The van der Waals surface area contributed by atoms with Crippen LogP contribution in [0.3, 0.4) is 0 Å². The fourth-order valence-corrected chi connectivity index (χ4v) is 3.05. The minimum absolute atomic E-state index is 0.283. The summed E-state index contributed by atoms with van der Waals surface area (Å²) in [6.45, 7) is 7.48. The van der Waals surface area contributed by atoms with Gasteiger partial charge in [0.25, 0.3) is 0 Å². The van der Waals surface area contributed by atoms with Gasteiger partial charge in [0.05, 0.1) is 24.3 Å². The maximum Gasteiger partial charge on any atom is 0.411 e. The van der Waals surface area contributed by atoms with Gasteiger partial charge in [-0.25, -0.2) is 9.59 Å². The first-order valence-corrected chi connectivity index (χ1v) is 7.32. The predicted octanol–water partition coefficient (Wildman–Crippen LogP) is 2.76. The summed E-state index contributed by atoms with van der Waals surface area (Å²) in [6.07, 6.45) is 3.27. The van der Waals surface area contributed by atoms with Crippen molar-refractivity contribution in [1.82, 2.24) is 4.90 Å². The maximum atomic E-state index is 12.3. The maximum absolute atomic E-state index is 12.3. The lowest BCUT2D eigenvalue weighted by Gasteiger charge is -2.28. The molecule has 1 amide bonds. The molecule has 2 heterocycles. The molecule has 0 aromatic rings. The number of nitrogens with zero attached hydrogens (tertiary/aromatic N) is 1. The Bertz CT molecular complexity index is 504. The molecule has 2 aliphatic rings. The Kier molecular flexibility index (Phi) is 3.95. The summed E-state index contributed by atoms with van der Waals surface area (Å²) in [7, 11) is 0. The normalized spacial score (nSPS) is 24.4. The molecule has 0 radical (unpaired) electrons. The molecule has 2 bridgehead atoms. The van der Waals surface area contributed by atoms with Crippen molar-refractivity contribution in [2.75, 3.05) is 6.61 Å². The lowest BCUT2D eigenvalue weighted by molar-refractivity contribution is -0.138. The van der Waals surface area contributed by atoms with E-state index in [-0.39, 0.29) is 6.04 Å². The molecule has 2 rings (SSSR count). The molecular weight excluding hydrogens is 326 g/mol. The molecule has 0 saturated heterocycles. The fourth-order valence-electron chi connectivity index (χ4n) is 2.28. The number of carbonyl (C=O) groups excluding carboxylic acids is 2. The molecule has 2 aliphatic heterocycles. The van der Waals surface area contributed by atoms with Crippen LogP contribution in [0.1, 0.15) is 27.7 Å². The highest BCUT2D eigenvalue weighted by Crippen LogP contribution is 2.41. The van der Waals surface area contributed by atoms with Gasteiger partial charge in [0.15, 0.2) is 0 Å². The molecule has 0 spiro atoms. The molecular formula is C14H18BrNO4. The summed E-state index contributed by atoms with van der Waals surface area (Å²) in [4.78, 5) is 25.8. The number of esters is 1. The zero-order valence-electron chi connectivity index (χ0n) is 12.0. The summed E-state index contributed by atoms with van der Waals surface area (Å²) < 4.78 is 11.1. The Hall–Kier alpha value is -1.30. The van der Waals surface area contributed by atoms with Crippen molar-refractivity contribution in [3.05, 3.63) is 22.2 Å². The van der Waals surface area contributed by atoms with Gasteiger partial charge in [-0.1, -0.05) is 28.1 Å². The van der Waals surface area contributed by atoms with Crippen LogP contribution in [0.5, 0.6) is 0 Å². The number of carbonyl (C=O) groups is 2. The number of amides is 1.